The number of rotatable bonds is 8. The standard InChI is InChI=1S/C13H24F2N2O4S/c1-3-8-21-10-13(18)17(9-12(14)15)11-4-6-16(7-5-11)22(2,19)20/h11-12H,3-10H2,1-2H3. The zero-order valence-corrected chi connectivity index (χ0v) is 13.8. The van der Waals surface area contributed by atoms with Crippen LogP contribution < -0.4 is 0 Å². The molecule has 0 saturated carbocycles. The Bertz CT molecular complexity index is 451. The number of carbonyl (C=O) groups is 1. The molecule has 1 rings (SSSR count). The van der Waals surface area contributed by atoms with Crippen molar-refractivity contribution in [3.63, 3.8) is 0 Å². The van der Waals surface area contributed by atoms with E-state index in [1.54, 1.807) is 0 Å². The van der Waals surface area contributed by atoms with Gasteiger partial charge in [-0.25, -0.2) is 21.5 Å². The van der Waals surface area contributed by atoms with Gasteiger partial charge in [0, 0.05) is 25.7 Å². The first-order valence-corrected chi connectivity index (χ1v) is 9.21. The van der Waals surface area contributed by atoms with Crippen LogP contribution in [0.3, 0.4) is 0 Å². The molecule has 0 radical (unpaired) electrons. The third-order valence-electron chi connectivity index (χ3n) is 3.56. The zero-order chi connectivity index (χ0) is 16.8. The summed E-state index contributed by atoms with van der Waals surface area (Å²) in [7, 11) is -3.28. The summed E-state index contributed by atoms with van der Waals surface area (Å²) in [5, 5.41) is 0. The number of amides is 1. The molecule has 1 aliphatic rings. The van der Waals surface area contributed by atoms with Gasteiger partial charge in [0.15, 0.2) is 0 Å². The average molecular weight is 342 g/mol. The Hall–Kier alpha value is -0.800. The highest BCUT2D eigenvalue weighted by molar-refractivity contribution is 7.88. The molecule has 0 aliphatic carbocycles. The van der Waals surface area contributed by atoms with Gasteiger partial charge in [-0.3, -0.25) is 4.79 Å². The quantitative estimate of drug-likeness (QED) is 0.616. The number of carbonyl (C=O) groups excluding carboxylic acids is 1. The molecule has 0 N–H and O–H groups in total. The lowest BCUT2D eigenvalue weighted by Gasteiger charge is -2.37. The van der Waals surface area contributed by atoms with Gasteiger partial charge < -0.3 is 9.64 Å². The van der Waals surface area contributed by atoms with E-state index in [1.807, 2.05) is 6.92 Å². The molecule has 1 amide bonds. The van der Waals surface area contributed by atoms with Crippen molar-refractivity contribution in [2.45, 2.75) is 38.7 Å². The van der Waals surface area contributed by atoms with E-state index in [1.165, 1.54) is 4.31 Å². The van der Waals surface area contributed by atoms with Gasteiger partial charge in [-0.05, 0) is 19.3 Å². The van der Waals surface area contributed by atoms with E-state index >= 15 is 0 Å². The van der Waals surface area contributed by atoms with Crippen LogP contribution in [-0.2, 0) is 19.6 Å². The van der Waals surface area contributed by atoms with Gasteiger partial charge in [0.2, 0.25) is 15.9 Å². The van der Waals surface area contributed by atoms with E-state index in [9.17, 15) is 22.0 Å². The normalized spacial score (nSPS) is 17.9. The molecule has 0 spiro atoms. The van der Waals surface area contributed by atoms with Crippen LogP contribution in [-0.4, -0.2) is 75.1 Å². The van der Waals surface area contributed by atoms with E-state index < -0.39 is 28.9 Å². The minimum atomic E-state index is -3.28. The third-order valence-corrected chi connectivity index (χ3v) is 4.87. The first-order valence-electron chi connectivity index (χ1n) is 7.36. The first-order chi connectivity index (χ1) is 10.3. The topological polar surface area (TPSA) is 66.9 Å². The fourth-order valence-corrected chi connectivity index (χ4v) is 3.35. The van der Waals surface area contributed by atoms with Crippen LogP contribution in [0.15, 0.2) is 0 Å². The minimum Gasteiger partial charge on any atom is -0.372 e. The largest absolute Gasteiger partial charge is 0.372 e. The van der Waals surface area contributed by atoms with Crippen LogP contribution in [0.25, 0.3) is 0 Å². The Morgan fingerprint density at radius 2 is 1.95 bits per heavy atom. The van der Waals surface area contributed by atoms with Crippen molar-refractivity contribution in [1.82, 2.24) is 9.21 Å². The van der Waals surface area contributed by atoms with Gasteiger partial charge in [0.05, 0.1) is 12.8 Å². The van der Waals surface area contributed by atoms with Crippen LogP contribution in [0.1, 0.15) is 26.2 Å². The number of hydrogen-bond donors (Lipinski definition) is 0. The Labute approximate surface area is 130 Å². The molecule has 0 unspecified atom stereocenters. The molecular formula is C13H24F2N2O4S. The second-order valence-corrected chi connectivity index (χ2v) is 7.37. The first kappa shape index (κ1) is 19.2. The molecule has 0 aromatic rings. The molecule has 0 aromatic heterocycles. The lowest BCUT2D eigenvalue weighted by atomic mass is 10.0. The van der Waals surface area contributed by atoms with Gasteiger partial charge in [-0.1, -0.05) is 6.92 Å². The molecule has 130 valence electrons. The lowest BCUT2D eigenvalue weighted by Crippen LogP contribution is -2.50. The highest BCUT2D eigenvalue weighted by Crippen LogP contribution is 2.19. The van der Waals surface area contributed by atoms with Gasteiger partial charge in [-0.15, -0.1) is 0 Å². The number of piperidine rings is 1. The van der Waals surface area contributed by atoms with Crippen LogP contribution in [0.4, 0.5) is 8.78 Å². The smallest absolute Gasteiger partial charge is 0.255 e. The van der Waals surface area contributed by atoms with E-state index in [4.69, 9.17) is 4.74 Å². The van der Waals surface area contributed by atoms with Crippen LogP contribution in [0.5, 0.6) is 0 Å². The van der Waals surface area contributed by atoms with Crippen molar-refractivity contribution in [3.05, 3.63) is 0 Å². The van der Waals surface area contributed by atoms with Crippen LogP contribution in [0.2, 0.25) is 0 Å². The number of sulfonamides is 1. The predicted octanol–water partition coefficient (Wildman–Crippen LogP) is 0.931. The molecule has 1 heterocycles. The van der Waals surface area contributed by atoms with Gasteiger partial charge in [0.25, 0.3) is 6.43 Å². The number of nitrogens with zero attached hydrogens (tertiary/aromatic N) is 2. The summed E-state index contributed by atoms with van der Waals surface area (Å²) in [5.74, 6) is -0.466. The monoisotopic (exact) mass is 342 g/mol. The Morgan fingerprint density at radius 1 is 1.36 bits per heavy atom. The fraction of sp³-hybridized carbons (Fsp3) is 0.923. The van der Waals surface area contributed by atoms with Crippen molar-refractivity contribution in [2.75, 3.05) is 39.1 Å². The van der Waals surface area contributed by atoms with Crippen LogP contribution >= 0.6 is 0 Å². The maximum absolute atomic E-state index is 12.7. The zero-order valence-electron chi connectivity index (χ0n) is 13.0. The molecule has 1 fully saturated rings. The van der Waals surface area contributed by atoms with E-state index in [2.05, 4.69) is 0 Å². The summed E-state index contributed by atoms with van der Waals surface area (Å²) >= 11 is 0. The molecule has 6 nitrogen and oxygen atoms in total. The number of halogens is 2. The van der Waals surface area contributed by atoms with Crippen molar-refractivity contribution in [2.24, 2.45) is 0 Å². The lowest BCUT2D eigenvalue weighted by molar-refractivity contribution is -0.141. The van der Waals surface area contributed by atoms with Crippen LogP contribution in [0, 0.1) is 0 Å². The summed E-state index contributed by atoms with van der Waals surface area (Å²) in [5.41, 5.74) is 0. The van der Waals surface area contributed by atoms with Gasteiger partial charge in [-0.2, -0.15) is 0 Å². The average Bonchev–Trinajstić information content (AvgIpc) is 2.44. The van der Waals surface area contributed by atoms with Crippen molar-refractivity contribution < 1.29 is 26.7 Å². The summed E-state index contributed by atoms with van der Waals surface area (Å²) in [4.78, 5) is 13.2. The Kier molecular flexibility index (Phi) is 7.64. The fourth-order valence-electron chi connectivity index (χ4n) is 2.48. The summed E-state index contributed by atoms with van der Waals surface area (Å²) in [6, 6.07) is -0.371. The molecule has 1 aliphatic heterocycles. The molecule has 0 aromatic carbocycles. The second-order valence-electron chi connectivity index (χ2n) is 5.38. The van der Waals surface area contributed by atoms with Gasteiger partial charge in [0.1, 0.15) is 6.61 Å². The SMILES string of the molecule is CCCOCC(=O)N(CC(F)F)C1CCN(S(C)(=O)=O)CC1. The summed E-state index contributed by atoms with van der Waals surface area (Å²) < 4.78 is 54.8. The summed E-state index contributed by atoms with van der Waals surface area (Å²) in [6.45, 7) is 1.92. The van der Waals surface area contributed by atoms with Crippen molar-refractivity contribution >= 4 is 15.9 Å². The molecule has 22 heavy (non-hydrogen) atoms. The van der Waals surface area contributed by atoms with E-state index in [-0.39, 0.29) is 25.7 Å². The Balaban J connectivity index is 2.63. The molecule has 1 saturated heterocycles. The minimum absolute atomic E-state index is 0.215. The maximum Gasteiger partial charge on any atom is 0.255 e. The highest BCUT2D eigenvalue weighted by Gasteiger charge is 2.32. The number of alkyl halides is 2. The number of hydrogen-bond acceptors (Lipinski definition) is 4. The molecule has 9 heteroatoms. The van der Waals surface area contributed by atoms with Gasteiger partial charge >= 0.3 is 0 Å². The highest BCUT2D eigenvalue weighted by atomic mass is 32.2. The third kappa shape index (κ3) is 6.13. The maximum atomic E-state index is 12.7. The van der Waals surface area contributed by atoms with E-state index in [0.29, 0.717) is 19.4 Å². The molecule has 0 atom stereocenters. The summed E-state index contributed by atoms with van der Waals surface area (Å²) in [6.07, 6.45) is -0.0374. The number of ether oxygens (including phenoxy) is 1. The second kappa shape index (κ2) is 8.73. The van der Waals surface area contributed by atoms with E-state index in [0.717, 1.165) is 17.6 Å². The molecule has 0 bridgehead atoms. The van der Waals surface area contributed by atoms with Crippen molar-refractivity contribution in [1.29, 1.82) is 0 Å². The predicted molar refractivity (Wildman–Crippen MR) is 78.3 cm³/mol. The van der Waals surface area contributed by atoms with Crippen molar-refractivity contribution in [3.8, 4) is 0 Å². The molecular weight excluding hydrogens is 318 g/mol. The Morgan fingerprint density at radius 3 is 2.41 bits per heavy atom.